The van der Waals surface area contributed by atoms with E-state index in [-0.39, 0.29) is 10.6 Å². The minimum absolute atomic E-state index is 0.148. The topological polar surface area (TPSA) is 61.2 Å². The number of nitriles is 1. The van der Waals surface area contributed by atoms with Crippen LogP contribution in [-0.4, -0.2) is 29.7 Å². The first-order valence-corrected chi connectivity index (χ1v) is 6.98. The molecular formula is C14H12Cl2N2O2. The molecule has 0 aliphatic carbocycles. The smallest absolute Gasteiger partial charge is 0.247 e. The highest BCUT2D eigenvalue weighted by molar-refractivity contribution is 6.37. The molecule has 1 saturated heterocycles. The van der Waals surface area contributed by atoms with E-state index in [0.717, 1.165) is 12.8 Å². The van der Waals surface area contributed by atoms with Gasteiger partial charge >= 0.3 is 0 Å². The molecule has 0 unspecified atom stereocenters. The van der Waals surface area contributed by atoms with Crippen LogP contribution in [0.4, 0.5) is 0 Å². The highest BCUT2D eigenvalue weighted by atomic mass is 35.5. The molecule has 0 saturated carbocycles. The Bertz CT molecular complexity index is 589. The SMILES string of the molecule is N#C[C@H](C(=O)c1ccc(Cl)cc1Cl)C(=O)N1CCCC1. The second kappa shape index (κ2) is 6.25. The number of hydrogen-bond donors (Lipinski definition) is 0. The van der Waals surface area contributed by atoms with Gasteiger partial charge in [0.15, 0.2) is 11.7 Å². The summed E-state index contributed by atoms with van der Waals surface area (Å²) in [7, 11) is 0. The average molecular weight is 311 g/mol. The van der Waals surface area contributed by atoms with E-state index in [4.69, 9.17) is 28.5 Å². The predicted molar refractivity (Wildman–Crippen MR) is 75.7 cm³/mol. The van der Waals surface area contributed by atoms with Crippen LogP contribution in [-0.2, 0) is 4.79 Å². The molecule has 1 amide bonds. The second-order valence-corrected chi connectivity index (χ2v) is 5.43. The van der Waals surface area contributed by atoms with Crippen molar-refractivity contribution in [3.8, 4) is 6.07 Å². The molecule has 104 valence electrons. The van der Waals surface area contributed by atoms with Gasteiger partial charge in [-0.3, -0.25) is 9.59 Å². The lowest BCUT2D eigenvalue weighted by atomic mass is 9.97. The lowest BCUT2D eigenvalue weighted by Gasteiger charge is -2.18. The number of benzene rings is 1. The second-order valence-electron chi connectivity index (χ2n) is 4.58. The molecule has 1 fully saturated rings. The van der Waals surface area contributed by atoms with Crippen LogP contribution in [0.1, 0.15) is 23.2 Å². The summed E-state index contributed by atoms with van der Waals surface area (Å²) in [6, 6.07) is 6.16. The van der Waals surface area contributed by atoms with Crippen LogP contribution in [0, 0.1) is 17.2 Å². The first-order valence-electron chi connectivity index (χ1n) is 6.22. The zero-order valence-electron chi connectivity index (χ0n) is 10.6. The van der Waals surface area contributed by atoms with Crippen molar-refractivity contribution in [1.29, 1.82) is 5.26 Å². The van der Waals surface area contributed by atoms with Gasteiger partial charge in [0, 0.05) is 23.7 Å². The molecule has 6 heteroatoms. The number of ketones is 1. The number of hydrogen-bond acceptors (Lipinski definition) is 3. The molecule has 4 nitrogen and oxygen atoms in total. The number of nitrogens with zero attached hydrogens (tertiary/aromatic N) is 2. The van der Waals surface area contributed by atoms with Crippen molar-refractivity contribution >= 4 is 34.9 Å². The molecule has 1 atom stereocenters. The Labute approximate surface area is 126 Å². The molecule has 0 aromatic heterocycles. The summed E-state index contributed by atoms with van der Waals surface area (Å²) in [5, 5.41) is 9.69. The van der Waals surface area contributed by atoms with Gasteiger partial charge in [-0.05, 0) is 31.0 Å². The van der Waals surface area contributed by atoms with E-state index < -0.39 is 17.6 Å². The third-order valence-corrected chi connectivity index (χ3v) is 3.80. The maximum Gasteiger partial charge on any atom is 0.247 e. The standard InChI is InChI=1S/C14H12Cl2N2O2/c15-9-3-4-10(12(16)7-9)13(19)11(8-17)14(20)18-5-1-2-6-18/h3-4,7,11H,1-2,5-6H2/t11-/m1/s1. The number of halogens is 2. The Kier molecular flexibility index (Phi) is 4.64. The average Bonchev–Trinajstić information content (AvgIpc) is 2.93. The first-order chi connectivity index (χ1) is 9.54. The molecule has 2 rings (SSSR count). The van der Waals surface area contributed by atoms with Gasteiger partial charge in [0.25, 0.3) is 0 Å². The molecule has 1 aliphatic heterocycles. The van der Waals surface area contributed by atoms with Gasteiger partial charge in [-0.15, -0.1) is 0 Å². The number of likely N-dealkylation sites (tertiary alicyclic amines) is 1. The van der Waals surface area contributed by atoms with E-state index in [0.29, 0.717) is 18.1 Å². The maximum absolute atomic E-state index is 12.3. The van der Waals surface area contributed by atoms with E-state index in [1.54, 1.807) is 11.0 Å². The van der Waals surface area contributed by atoms with Gasteiger partial charge in [0.1, 0.15) is 0 Å². The lowest BCUT2D eigenvalue weighted by molar-refractivity contribution is -0.131. The monoisotopic (exact) mass is 310 g/mol. The van der Waals surface area contributed by atoms with Crippen LogP contribution in [0.15, 0.2) is 18.2 Å². The highest BCUT2D eigenvalue weighted by Crippen LogP contribution is 2.24. The molecule has 0 spiro atoms. The number of Topliss-reactive ketones (excluding diaryl/α,β-unsaturated/α-hetero) is 1. The zero-order valence-corrected chi connectivity index (χ0v) is 12.1. The largest absolute Gasteiger partial charge is 0.341 e. The zero-order chi connectivity index (χ0) is 14.7. The van der Waals surface area contributed by atoms with Crippen molar-refractivity contribution in [3.63, 3.8) is 0 Å². The Hall–Kier alpha value is -1.57. The first kappa shape index (κ1) is 14.8. The van der Waals surface area contributed by atoms with E-state index in [1.165, 1.54) is 18.2 Å². The van der Waals surface area contributed by atoms with Crippen LogP contribution < -0.4 is 0 Å². The molecule has 0 radical (unpaired) electrons. The van der Waals surface area contributed by atoms with Crippen LogP contribution in [0.3, 0.4) is 0 Å². The summed E-state index contributed by atoms with van der Waals surface area (Å²) in [6.07, 6.45) is 1.81. The number of rotatable bonds is 3. The molecule has 0 bridgehead atoms. The minimum atomic E-state index is -1.34. The van der Waals surface area contributed by atoms with Crippen molar-refractivity contribution in [2.24, 2.45) is 5.92 Å². The molecule has 0 N–H and O–H groups in total. The molecular weight excluding hydrogens is 299 g/mol. The van der Waals surface area contributed by atoms with Crippen LogP contribution in [0.25, 0.3) is 0 Å². The molecule has 1 heterocycles. The summed E-state index contributed by atoms with van der Waals surface area (Å²) >= 11 is 11.7. The highest BCUT2D eigenvalue weighted by Gasteiger charge is 2.33. The van der Waals surface area contributed by atoms with Gasteiger partial charge in [0.05, 0.1) is 11.1 Å². The quantitative estimate of drug-likeness (QED) is 0.637. The third-order valence-electron chi connectivity index (χ3n) is 3.25. The fraction of sp³-hybridized carbons (Fsp3) is 0.357. The van der Waals surface area contributed by atoms with E-state index in [9.17, 15) is 9.59 Å². The fourth-order valence-electron chi connectivity index (χ4n) is 2.19. The van der Waals surface area contributed by atoms with Crippen LogP contribution in [0.5, 0.6) is 0 Å². The summed E-state index contributed by atoms with van der Waals surface area (Å²) in [6.45, 7) is 1.19. The van der Waals surface area contributed by atoms with E-state index in [2.05, 4.69) is 0 Å². The summed E-state index contributed by atoms with van der Waals surface area (Å²) in [5.74, 6) is -2.36. The van der Waals surface area contributed by atoms with Gasteiger partial charge < -0.3 is 4.90 Å². The molecule has 1 aromatic rings. The Morgan fingerprint density at radius 3 is 2.45 bits per heavy atom. The van der Waals surface area contributed by atoms with Gasteiger partial charge in [-0.25, -0.2) is 0 Å². The fourth-order valence-corrected chi connectivity index (χ4v) is 2.69. The van der Waals surface area contributed by atoms with Crippen molar-refractivity contribution in [2.75, 3.05) is 13.1 Å². The Morgan fingerprint density at radius 2 is 1.90 bits per heavy atom. The maximum atomic E-state index is 12.3. The van der Waals surface area contributed by atoms with E-state index in [1.807, 2.05) is 0 Å². The number of amides is 1. The molecule has 20 heavy (non-hydrogen) atoms. The lowest BCUT2D eigenvalue weighted by Crippen LogP contribution is -2.37. The van der Waals surface area contributed by atoms with Gasteiger partial charge in [-0.1, -0.05) is 23.2 Å². The summed E-state index contributed by atoms with van der Waals surface area (Å²) in [5.41, 5.74) is 0.148. The summed E-state index contributed by atoms with van der Waals surface area (Å²) in [4.78, 5) is 26.0. The van der Waals surface area contributed by atoms with Crippen LogP contribution in [0.2, 0.25) is 10.0 Å². The number of carbonyl (C=O) groups is 2. The Morgan fingerprint density at radius 1 is 1.25 bits per heavy atom. The van der Waals surface area contributed by atoms with Gasteiger partial charge in [0.2, 0.25) is 5.91 Å². The normalized spacial score (nSPS) is 15.8. The number of carbonyl (C=O) groups excluding carboxylic acids is 2. The Balaban J connectivity index is 2.25. The molecule has 1 aromatic carbocycles. The van der Waals surface area contributed by atoms with Crippen molar-refractivity contribution in [1.82, 2.24) is 4.90 Å². The van der Waals surface area contributed by atoms with Crippen molar-refractivity contribution in [3.05, 3.63) is 33.8 Å². The third kappa shape index (κ3) is 2.95. The molecule has 1 aliphatic rings. The van der Waals surface area contributed by atoms with Crippen LogP contribution >= 0.6 is 23.2 Å². The van der Waals surface area contributed by atoms with Crippen molar-refractivity contribution in [2.45, 2.75) is 12.8 Å². The van der Waals surface area contributed by atoms with Gasteiger partial charge in [-0.2, -0.15) is 5.26 Å². The van der Waals surface area contributed by atoms with Crippen molar-refractivity contribution < 1.29 is 9.59 Å². The summed E-state index contributed by atoms with van der Waals surface area (Å²) < 4.78 is 0. The van der Waals surface area contributed by atoms with E-state index >= 15 is 0 Å². The predicted octanol–water partition coefficient (Wildman–Crippen LogP) is 2.94. The minimum Gasteiger partial charge on any atom is -0.341 e.